The summed E-state index contributed by atoms with van der Waals surface area (Å²) < 4.78 is 10.1. The SMILES string of the molecule is Brc1cc(N(c2ccc(-c3ccccc3)cc2)c2ccc3sc4ccccc4c3c2)c2oc3ccccc3c2c1. The molecule has 0 atom stereocenters. The Balaban J connectivity index is 1.39. The molecule has 2 heterocycles. The molecule has 40 heavy (non-hydrogen) atoms. The van der Waals surface area contributed by atoms with E-state index >= 15 is 0 Å². The van der Waals surface area contributed by atoms with Gasteiger partial charge < -0.3 is 9.32 Å². The van der Waals surface area contributed by atoms with Crippen molar-refractivity contribution in [3.05, 3.63) is 138 Å². The van der Waals surface area contributed by atoms with Crippen LogP contribution in [0.25, 0.3) is 53.2 Å². The zero-order valence-electron chi connectivity index (χ0n) is 21.3. The first-order valence-corrected chi connectivity index (χ1v) is 14.8. The summed E-state index contributed by atoms with van der Waals surface area (Å²) in [6.07, 6.45) is 0. The van der Waals surface area contributed by atoms with Crippen LogP contribution in [-0.2, 0) is 0 Å². The van der Waals surface area contributed by atoms with Crippen molar-refractivity contribution in [1.82, 2.24) is 0 Å². The molecular weight excluding hydrogens is 574 g/mol. The number of hydrogen-bond acceptors (Lipinski definition) is 3. The molecule has 0 aliphatic carbocycles. The van der Waals surface area contributed by atoms with Crippen molar-refractivity contribution in [3.63, 3.8) is 0 Å². The van der Waals surface area contributed by atoms with Gasteiger partial charge in [-0.05, 0) is 65.7 Å². The van der Waals surface area contributed by atoms with Gasteiger partial charge in [-0.2, -0.15) is 0 Å². The highest BCUT2D eigenvalue weighted by atomic mass is 79.9. The van der Waals surface area contributed by atoms with Gasteiger partial charge in [0, 0.05) is 46.8 Å². The van der Waals surface area contributed by atoms with Crippen molar-refractivity contribution in [1.29, 1.82) is 0 Å². The van der Waals surface area contributed by atoms with Gasteiger partial charge in [-0.1, -0.05) is 94.8 Å². The second kappa shape index (κ2) is 9.37. The Hall–Kier alpha value is -4.38. The van der Waals surface area contributed by atoms with E-state index < -0.39 is 0 Å². The zero-order chi connectivity index (χ0) is 26.6. The van der Waals surface area contributed by atoms with Crippen molar-refractivity contribution in [2.24, 2.45) is 0 Å². The third kappa shape index (κ3) is 3.83. The fourth-order valence-corrected chi connectivity index (χ4v) is 7.19. The third-order valence-corrected chi connectivity index (χ3v) is 9.13. The van der Waals surface area contributed by atoms with E-state index in [2.05, 4.69) is 142 Å². The molecule has 0 bridgehead atoms. The standard InChI is InChI=1S/C36H22BrNOS/c37-25-20-31-28-10-4-6-12-33(28)39-36(31)32(21-25)38(26-16-14-24(15-17-26)23-8-2-1-3-9-23)27-18-19-35-30(22-27)29-11-5-7-13-34(29)40-35/h1-22H. The monoisotopic (exact) mass is 595 g/mol. The van der Waals surface area contributed by atoms with E-state index in [1.54, 1.807) is 0 Å². The van der Waals surface area contributed by atoms with Crippen LogP contribution in [0.2, 0.25) is 0 Å². The molecule has 8 rings (SSSR count). The van der Waals surface area contributed by atoms with Gasteiger partial charge in [0.05, 0.1) is 5.69 Å². The number of para-hydroxylation sites is 1. The maximum atomic E-state index is 6.54. The topological polar surface area (TPSA) is 16.4 Å². The zero-order valence-corrected chi connectivity index (χ0v) is 23.7. The van der Waals surface area contributed by atoms with Gasteiger partial charge in [0.2, 0.25) is 0 Å². The maximum Gasteiger partial charge on any atom is 0.159 e. The summed E-state index contributed by atoms with van der Waals surface area (Å²) in [5.41, 5.74) is 7.29. The Morgan fingerprint density at radius 2 is 1.20 bits per heavy atom. The van der Waals surface area contributed by atoms with Crippen molar-refractivity contribution in [2.45, 2.75) is 0 Å². The van der Waals surface area contributed by atoms with Crippen LogP contribution in [0.3, 0.4) is 0 Å². The first-order chi connectivity index (χ1) is 19.7. The predicted octanol–water partition coefficient (Wildman–Crippen LogP) is 11.9. The van der Waals surface area contributed by atoms with Crippen LogP contribution in [0.5, 0.6) is 0 Å². The molecule has 2 aromatic heterocycles. The Morgan fingerprint density at radius 1 is 0.525 bits per heavy atom. The molecular formula is C36H22BrNOS. The largest absolute Gasteiger partial charge is 0.454 e. The van der Waals surface area contributed by atoms with Gasteiger partial charge in [0.1, 0.15) is 5.58 Å². The molecule has 0 unspecified atom stereocenters. The van der Waals surface area contributed by atoms with Gasteiger partial charge >= 0.3 is 0 Å². The van der Waals surface area contributed by atoms with E-state index in [0.29, 0.717) is 0 Å². The summed E-state index contributed by atoms with van der Waals surface area (Å²) >= 11 is 5.65. The van der Waals surface area contributed by atoms with Crippen molar-refractivity contribution in [2.75, 3.05) is 4.90 Å². The Morgan fingerprint density at radius 3 is 2.05 bits per heavy atom. The first-order valence-electron chi connectivity index (χ1n) is 13.2. The summed E-state index contributed by atoms with van der Waals surface area (Å²) in [6, 6.07) is 47.3. The number of furan rings is 1. The highest BCUT2D eigenvalue weighted by Crippen LogP contribution is 2.45. The van der Waals surface area contributed by atoms with Crippen LogP contribution in [0.1, 0.15) is 0 Å². The van der Waals surface area contributed by atoms with Gasteiger partial charge in [0.25, 0.3) is 0 Å². The number of nitrogens with zero attached hydrogens (tertiary/aromatic N) is 1. The number of thiophene rings is 1. The van der Waals surface area contributed by atoms with Crippen molar-refractivity contribution in [3.8, 4) is 11.1 Å². The average molecular weight is 597 g/mol. The van der Waals surface area contributed by atoms with Crippen LogP contribution in [0.4, 0.5) is 17.1 Å². The highest BCUT2D eigenvalue weighted by molar-refractivity contribution is 9.10. The van der Waals surface area contributed by atoms with Crippen LogP contribution in [0.15, 0.2) is 142 Å². The number of halogens is 1. The molecule has 0 spiro atoms. The van der Waals surface area contributed by atoms with Gasteiger partial charge in [-0.15, -0.1) is 11.3 Å². The normalized spacial score (nSPS) is 11.6. The van der Waals surface area contributed by atoms with E-state index in [-0.39, 0.29) is 0 Å². The van der Waals surface area contributed by atoms with E-state index in [1.165, 1.54) is 31.3 Å². The molecule has 4 heteroatoms. The highest BCUT2D eigenvalue weighted by Gasteiger charge is 2.21. The quantitative estimate of drug-likeness (QED) is 0.201. The number of hydrogen-bond donors (Lipinski definition) is 0. The van der Waals surface area contributed by atoms with Crippen LogP contribution in [-0.4, -0.2) is 0 Å². The molecule has 0 saturated carbocycles. The molecule has 0 saturated heterocycles. The van der Waals surface area contributed by atoms with Crippen molar-refractivity contribution < 1.29 is 4.42 Å². The summed E-state index contributed by atoms with van der Waals surface area (Å²) in [4.78, 5) is 2.32. The fraction of sp³-hybridized carbons (Fsp3) is 0. The molecule has 8 aromatic rings. The number of fused-ring (bicyclic) bond motifs is 6. The summed E-state index contributed by atoms with van der Waals surface area (Å²) in [7, 11) is 0. The van der Waals surface area contributed by atoms with Gasteiger partial charge in [-0.25, -0.2) is 0 Å². The molecule has 6 aromatic carbocycles. The summed E-state index contributed by atoms with van der Waals surface area (Å²) in [5, 5.41) is 4.75. The Labute approximate surface area is 243 Å². The number of anilines is 3. The minimum Gasteiger partial charge on any atom is -0.454 e. The molecule has 0 aliphatic heterocycles. The molecule has 0 N–H and O–H groups in total. The maximum absolute atomic E-state index is 6.54. The van der Waals surface area contributed by atoms with E-state index in [0.717, 1.165) is 43.5 Å². The number of rotatable bonds is 4. The number of benzene rings is 6. The van der Waals surface area contributed by atoms with E-state index in [9.17, 15) is 0 Å². The molecule has 190 valence electrons. The third-order valence-electron chi connectivity index (χ3n) is 7.52. The molecule has 0 amide bonds. The summed E-state index contributed by atoms with van der Waals surface area (Å²) in [6.45, 7) is 0. The second-order valence-electron chi connectivity index (χ2n) is 9.93. The minimum absolute atomic E-state index is 0.867. The molecule has 2 nitrogen and oxygen atoms in total. The molecule has 0 fully saturated rings. The van der Waals surface area contributed by atoms with Crippen molar-refractivity contribution >= 4 is 86.4 Å². The fourth-order valence-electron chi connectivity index (χ4n) is 5.65. The first kappa shape index (κ1) is 23.5. The van der Waals surface area contributed by atoms with Gasteiger partial charge in [0.15, 0.2) is 5.58 Å². The van der Waals surface area contributed by atoms with Crippen LogP contribution in [0, 0.1) is 0 Å². The summed E-state index contributed by atoms with van der Waals surface area (Å²) in [5.74, 6) is 0. The lowest BCUT2D eigenvalue weighted by Gasteiger charge is -2.26. The smallest absolute Gasteiger partial charge is 0.159 e. The van der Waals surface area contributed by atoms with Gasteiger partial charge in [-0.3, -0.25) is 0 Å². The second-order valence-corrected chi connectivity index (χ2v) is 11.9. The predicted molar refractivity (Wildman–Crippen MR) is 174 cm³/mol. The Bertz CT molecular complexity index is 2180. The lowest BCUT2D eigenvalue weighted by atomic mass is 10.0. The lowest BCUT2D eigenvalue weighted by Crippen LogP contribution is -2.10. The van der Waals surface area contributed by atoms with Crippen LogP contribution >= 0.6 is 27.3 Å². The average Bonchev–Trinajstić information content (AvgIpc) is 3.56. The van der Waals surface area contributed by atoms with E-state index in [4.69, 9.17) is 4.42 Å². The Kier molecular flexibility index (Phi) is 5.51. The van der Waals surface area contributed by atoms with Crippen LogP contribution < -0.4 is 4.90 Å². The molecule has 0 radical (unpaired) electrons. The molecule has 0 aliphatic rings. The van der Waals surface area contributed by atoms with E-state index in [1.807, 2.05) is 23.5 Å². The lowest BCUT2D eigenvalue weighted by molar-refractivity contribution is 0.669. The minimum atomic E-state index is 0.867.